The van der Waals surface area contributed by atoms with Gasteiger partial charge in [-0.2, -0.15) is 10.5 Å². The largest absolute Gasteiger partial charge is 0.493 e. The zero-order valence-electron chi connectivity index (χ0n) is 15.1. The minimum atomic E-state index is -1.58. The number of nitrogens with zero attached hydrogens (tertiary/aromatic N) is 3. The molecule has 2 aliphatic heterocycles. The van der Waals surface area contributed by atoms with Crippen molar-refractivity contribution in [3.63, 3.8) is 0 Å². The molecule has 27 heavy (non-hydrogen) atoms. The molecular weight excluding hydrogens is 352 g/mol. The Balaban J connectivity index is 1.93. The van der Waals surface area contributed by atoms with E-state index >= 15 is 0 Å². The van der Waals surface area contributed by atoms with E-state index in [0.29, 0.717) is 22.8 Å². The average Bonchev–Trinajstić information content (AvgIpc) is 2.95. The molecule has 1 aromatic carbocycles. The summed E-state index contributed by atoms with van der Waals surface area (Å²) < 4.78 is 27.6. The number of nitrogens with two attached hydrogens (primary N) is 1. The van der Waals surface area contributed by atoms with E-state index in [2.05, 4.69) is 17.1 Å². The van der Waals surface area contributed by atoms with Crippen molar-refractivity contribution in [1.82, 2.24) is 0 Å². The van der Waals surface area contributed by atoms with Gasteiger partial charge >= 0.3 is 0 Å². The minimum Gasteiger partial charge on any atom is -0.493 e. The van der Waals surface area contributed by atoms with E-state index in [4.69, 9.17) is 29.4 Å². The van der Waals surface area contributed by atoms with Crippen LogP contribution in [-0.4, -0.2) is 46.3 Å². The zero-order chi connectivity index (χ0) is 19.4. The highest BCUT2D eigenvalue weighted by Crippen LogP contribution is 2.82. The number of methoxy groups -OCH3 is 3. The molecule has 0 aromatic heterocycles. The van der Waals surface area contributed by atoms with Gasteiger partial charge in [-0.3, -0.25) is 0 Å². The Hall–Kier alpha value is -3.01. The summed E-state index contributed by atoms with van der Waals surface area (Å²) in [6.45, 7) is 0.535. The molecule has 0 radical (unpaired) electrons. The summed E-state index contributed by atoms with van der Waals surface area (Å²) in [6.07, 6.45) is 0. The molecule has 3 aliphatic rings. The quantitative estimate of drug-likeness (QED) is 0.827. The summed E-state index contributed by atoms with van der Waals surface area (Å²) in [6, 6.07) is 7.86. The fraction of sp³-hybridized carbons (Fsp3) is 0.500. The van der Waals surface area contributed by atoms with Crippen LogP contribution in [0.4, 0.5) is 0 Å². The first-order valence-corrected chi connectivity index (χ1v) is 8.28. The molecule has 1 saturated heterocycles. The van der Waals surface area contributed by atoms with Gasteiger partial charge in [0.05, 0.1) is 46.7 Å². The summed E-state index contributed by atoms with van der Waals surface area (Å²) in [5.74, 6) is -0.924. The van der Waals surface area contributed by atoms with Gasteiger partial charge in [0.15, 0.2) is 16.9 Å². The van der Waals surface area contributed by atoms with E-state index in [1.54, 1.807) is 12.1 Å². The third kappa shape index (κ3) is 1.71. The third-order valence-corrected chi connectivity index (χ3v) is 5.63. The number of aliphatic imine (C=N–C) groups is 1. The molecule has 1 aromatic rings. The first-order valence-electron chi connectivity index (χ1n) is 8.28. The molecule has 140 valence electrons. The Bertz CT molecular complexity index is 902. The second-order valence-corrected chi connectivity index (χ2v) is 6.51. The maximum Gasteiger partial charge on any atom is 0.293 e. The lowest BCUT2D eigenvalue weighted by molar-refractivity contribution is -0.184. The summed E-state index contributed by atoms with van der Waals surface area (Å²) in [5, 5.41) is 20.1. The molecule has 9 heteroatoms. The van der Waals surface area contributed by atoms with Gasteiger partial charge in [0.25, 0.3) is 5.91 Å². The molecule has 1 spiro atoms. The average molecular weight is 370 g/mol. The molecule has 0 bridgehead atoms. The topological polar surface area (TPSA) is 132 Å². The Labute approximate surface area is 155 Å². The lowest BCUT2D eigenvalue weighted by atomic mass is 9.94. The predicted molar refractivity (Wildman–Crippen MR) is 91.2 cm³/mol. The van der Waals surface area contributed by atoms with Crippen molar-refractivity contribution in [3.8, 4) is 29.4 Å². The molecule has 0 amide bonds. The van der Waals surface area contributed by atoms with E-state index in [-0.39, 0.29) is 19.0 Å². The van der Waals surface area contributed by atoms with Crippen LogP contribution in [-0.2, 0) is 9.47 Å². The number of benzene rings is 1. The number of rotatable bonds is 4. The molecule has 4 rings (SSSR count). The van der Waals surface area contributed by atoms with E-state index in [1.807, 2.05) is 0 Å². The van der Waals surface area contributed by atoms with Gasteiger partial charge in [0.1, 0.15) is 11.3 Å². The fourth-order valence-electron chi connectivity index (χ4n) is 4.49. The Morgan fingerprint density at radius 2 is 1.67 bits per heavy atom. The van der Waals surface area contributed by atoms with Crippen LogP contribution >= 0.6 is 0 Å². The first-order chi connectivity index (χ1) is 13.0. The van der Waals surface area contributed by atoms with Gasteiger partial charge in [0, 0.05) is 5.92 Å². The molecule has 2 fully saturated rings. The SMILES string of the molecule is COc1cc([C@H]2[C@@]3(C#N)C4(N=C(N)[C@]23C#N)OCCO4)cc(OC)c1OC. The molecule has 9 nitrogen and oxygen atoms in total. The Morgan fingerprint density at radius 1 is 1.07 bits per heavy atom. The van der Waals surface area contributed by atoms with E-state index < -0.39 is 22.7 Å². The third-order valence-electron chi connectivity index (χ3n) is 5.63. The number of amidine groups is 1. The zero-order valence-corrected chi connectivity index (χ0v) is 15.1. The van der Waals surface area contributed by atoms with Gasteiger partial charge in [-0.25, -0.2) is 4.99 Å². The fourth-order valence-corrected chi connectivity index (χ4v) is 4.49. The van der Waals surface area contributed by atoms with E-state index in [1.165, 1.54) is 21.3 Å². The van der Waals surface area contributed by atoms with Crippen LogP contribution in [0.1, 0.15) is 11.5 Å². The molecule has 1 aliphatic carbocycles. The van der Waals surface area contributed by atoms with Crippen LogP contribution in [0, 0.1) is 33.5 Å². The normalized spacial score (nSPS) is 32.2. The van der Waals surface area contributed by atoms with Gasteiger partial charge in [-0.15, -0.1) is 0 Å². The number of hydrogen-bond acceptors (Lipinski definition) is 9. The molecule has 2 N–H and O–H groups in total. The number of ether oxygens (including phenoxy) is 5. The van der Waals surface area contributed by atoms with Crippen molar-refractivity contribution >= 4 is 5.84 Å². The monoisotopic (exact) mass is 370 g/mol. The van der Waals surface area contributed by atoms with Crippen molar-refractivity contribution in [2.24, 2.45) is 21.6 Å². The van der Waals surface area contributed by atoms with Crippen molar-refractivity contribution in [1.29, 1.82) is 10.5 Å². The van der Waals surface area contributed by atoms with Crippen molar-refractivity contribution < 1.29 is 23.7 Å². The lowest BCUT2D eigenvalue weighted by Crippen LogP contribution is -2.38. The number of hydrogen-bond donors (Lipinski definition) is 1. The Morgan fingerprint density at radius 3 is 2.11 bits per heavy atom. The Kier molecular flexibility index (Phi) is 3.54. The van der Waals surface area contributed by atoms with Gasteiger partial charge in [0.2, 0.25) is 5.75 Å². The van der Waals surface area contributed by atoms with Crippen LogP contribution in [0.2, 0.25) is 0 Å². The first kappa shape index (κ1) is 17.4. The van der Waals surface area contributed by atoms with E-state index in [0.717, 1.165) is 0 Å². The highest BCUT2D eigenvalue weighted by molar-refractivity contribution is 6.00. The second-order valence-electron chi connectivity index (χ2n) is 6.51. The smallest absolute Gasteiger partial charge is 0.293 e. The lowest BCUT2D eigenvalue weighted by Gasteiger charge is -2.26. The van der Waals surface area contributed by atoms with Gasteiger partial charge < -0.3 is 29.4 Å². The van der Waals surface area contributed by atoms with E-state index in [9.17, 15) is 10.5 Å². The maximum atomic E-state index is 10.1. The molecule has 2 heterocycles. The maximum absolute atomic E-state index is 10.1. The summed E-state index contributed by atoms with van der Waals surface area (Å²) in [4.78, 5) is 4.25. The van der Waals surface area contributed by atoms with Gasteiger partial charge in [-0.05, 0) is 17.7 Å². The molecule has 1 saturated carbocycles. The van der Waals surface area contributed by atoms with Crippen molar-refractivity contribution in [2.45, 2.75) is 11.8 Å². The molecular formula is C18H18N4O5. The van der Waals surface area contributed by atoms with Crippen LogP contribution in [0.15, 0.2) is 17.1 Å². The molecule has 0 unspecified atom stereocenters. The summed E-state index contributed by atoms with van der Waals surface area (Å²) in [7, 11) is 4.49. The van der Waals surface area contributed by atoms with Crippen LogP contribution in [0.3, 0.4) is 0 Å². The summed E-state index contributed by atoms with van der Waals surface area (Å²) >= 11 is 0. The van der Waals surface area contributed by atoms with Crippen molar-refractivity contribution in [3.05, 3.63) is 17.7 Å². The number of fused-ring (bicyclic) bond motifs is 2. The standard InChI is InChI=1S/C18H18N4O5/c1-23-11-6-10(7-12(24-2)13(11)25-3)14-16(8-19)15(21)22-18(17(14,16)9-20)26-4-5-27-18/h6-7,14H,4-5H2,1-3H3,(H2,21,22)/t14-,16+,17-/m1/s1. The highest BCUT2D eigenvalue weighted by Gasteiger charge is 2.94. The second kappa shape index (κ2) is 5.49. The van der Waals surface area contributed by atoms with Crippen LogP contribution in [0.25, 0.3) is 0 Å². The van der Waals surface area contributed by atoms with Crippen molar-refractivity contribution in [2.75, 3.05) is 34.5 Å². The minimum absolute atomic E-state index is 0.0344. The van der Waals surface area contributed by atoms with Crippen LogP contribution in [0.5, 0.6) is 17.2 Å². The summed E-state index contributed by atoms with van der Waals surface area (Å²) in [5.41, 5.74) is 4.02. The number of nitriles is 2. The highest BCUT2D eigenvalue weighted by atomic mass is 16.8. The molecule has 3 atom stereocenters. The predicted octanol–water partition coefficient (Wildman–Crippen LogP) is 0.901. The van der Waals surface area contributed by atoms with Gasteiger partial charge in [-0.1, -0.05) is 0 Å². The van der Waals surface area contributed by atoms with Crippen LogP contribution < -0.4 is 19.9 Å².